The Hall–Kier alpha value is -1.81. The van der Waals surface area contributed by atoms with E-state index in [0.29, 0.717) is 23.8 Å². The number of sulfone groups is 1. The Balaban J connectivity index is 1.92. The van der Waals surface area contributed by atoms with E-state index >= 15 is 0 Å². The standard InChI is InChI=1S/C19H24O3S/c1-15(2)17-11-10-16(3)19(14-17)22-12-7-13-23(20,21)18-8-5-4-6-9-18/h4-6,8-11,14-15H,7,12-13H2,1-3H3. The summed E-state index contributed by atoms with van der Waals surface area (Å²) < 4.78 is 30.2. The summed E-state index contributed by atoms with van der Waals surface area (Å²) in [4.78, 5) is 0.373. The quantitative estimate of drug-likeness (QED) is 0.708. The van der Waals surface area contributed by atoms with Crippen molar-refractivity contribution in [2.45, 2.75) is 38.0 Å². The fourth-order valence-corrected chi connectivity index (χ4v) is 3.61. The van der Waals surface area contributed by atoms with Crippen molar-refractivity contribution in [3.8, 4) is 5.75 Å². The summed E-state index contributed by atoms with van der Waals surface area (Å²) in [5, 5.41) is 0. The highest BCUT2D eigenvalue weighted by molar-refractivity contribution is 7.91. The minimum atomic E-state index is -3.23. The average molecular weight is 332 g/mol. The number of rotatable bonds is 7. The Kier molecular flexibility index (Phi) is 5.83. The summed E-state index contributed by atoms with van der Waals surface area (Å²) in [7, 11) is -3.23. The van der Waals surface area contributed by atoms with E-state index in [-0.39, 0.29) is 5.75 Å². The van der Waals surface area contributed by atoms with Crippen molar-refractivity contribution in [3.05, 3.63) is 59.7 Å². The molecule has 23 heavy (non-hydrogen) atoms. The van der Waals surface area contributed by atoms with Crippen molar-refractivity contribution in [3.63, 3.8) is 0 Å². The maximum Gasteiger partial charge on any atom is 0.178 e. The van der Waals surface area contributed by atoms with Crippen LogP contribution < -0.4 is 4.74 Å². The molecule has 0 saturated heterocycles. The zero-order valence-electron chi connectivity index (χ0n) is 14.0. The Morgan fingerprint density at radius 2 is 1.74 bits per heavy atom. The molecule has 0 fully saturated rings. The molecule has 0 saturated carbocycles. The molecule has 0 aliphatic rings. The molecule has 2 aromatic rings. The van der Waals surface area contributed by atoms with Gasteiger partial charge in [-0.3, -0.25) is 0 Å². The largest absolute Gasteiger partial charge is 0.493 e. The van der Waals surface area contributed by atoms with Gasteiger partial charge in [0, 0.05) is 0 Å². The van der Waals surface area contributed by atoms with Gasteiger partial charge in [0.25, 0.3) is 0 Å². The van der Waals surface area contributed by atoms with Crippen LogP contribution in [0, 0.1) is 6.92 Å². The second-order valence-corrected chi connectivity index (χ2v) is 8.12. The predicted molar refractivity (Wildman–Crippen MR) is 93.9 cm³/mol. The molecular weight excluding hydrogens is 308 g/mol. The van der Waals surface area contributed by atoms with Crippen LogP contribution in [-0.4, -0.2) is 20.8 Å². The first-order valence-corrected chi connectivity index (χ1v) is 9.56. The van der Waals surface area contributed by atoms with Gasteiger partial charge in [0.05, 0.1) is 17.3 Å². The fraction of sp³-hybridized carbons (Fsp3) is 0.368. The van der Waals surface area contributed by atoms with E-state index in [1.807, 2.05) is 25.1 Å². The Morgan fingerprint density at radius 3 is 2.39 bits per heavy atom. The third kappa shape index (κ3) is 4.83. The van der Waals surface area contributed by atoms with Crippen LogP contribution in [0.25, 0.3) is 0 Å². The molecule has 0 aliphatic heterocycles. The Morgan fingerprint density at radius 1 is 1.04 bits per heavy atom. The van der Waals surface area contributed by atoms with Gasteiger partial charge < -0.3 is 4.74 Å². The molecule has 3 nitrogen and oxygen atoms in total. The number of ether oxygens (including phenoxy) is 1. The Labute approximate surface area is 139 Å². The normalized spacial score (nSPS) is 11.7. The molecule has 0 amide bonds. The minimum absolute atomic E-state index is 0.0972. The average Bonchev–Trinajstić information content (AvgIpc) is 2.53. The van der Waals surface area contributed by atoms with Crippen LogP contribution in [0.4, 0.5) is 0 Å². The molecule has 0 bridgehead atoms. The summed E-state index contributed by atoms with van der Waals surface area (Å²) in [6.07, 6.45) is 0.475. The lowest BCUT2D eigenvalue weighted by Crippen LogP contribution is -2.10. The number of hydrogen-bond acceptors (Lipinski definition) is 3. The number of hydrogen-bond donors (Lipinski definition) is 0. The van der Waals surface area contributed by atoms with E-state index in [1.165, 1.54) is 5.56 Å². The smallest absolute Gasteiger partial charge is 0.178 e. The van der Waals surface area contributed by atoms with E-state index in [2.05, 4.69) is 19.9 Å². The van der Waals surface area contributed by atoms with E-state index in [0.717, 1.165) is 11.3 Å². The topological polar surface area (TPSA) is 43.4 Å². The van der Waals surface area contributed by atoms with E-state index in [9.17, 15) is 8.42 Å². The van der Waals surface area contributed by atoms with Crippen LogP contribution in [0.3, 0.4) is 0 Å². The number of aryl methyl sites for hydroxylation is 1. The third-order valence-corrected chi connectivity index (χ3v) is 5.61. The molecule has 0 N–H and O–H groups in total. The lowest BCUT2D eigenvalue weighted by molar-refractivity contribution is 0.315. The summed E-state index contributed by atoms with van der Waals surface area (Å²) in [5.41, 5.74) is 2.29. The van der Waals surface area contributed by atoms with Gasteiger partial charge in [-0.15, -0.1) is 0 Å². The highest BCUT2D eigenvalue weighted by atomic mass is 32.2. The van der Waals surface area contributed by atoms with Crippen molar-refractivity contribution >= 4 is 9.84 Å². The molecule has 0 aromatic heterocycles. The highest BCUT2D eigenvalue weighted by Crippen LogP contribution is 2.24. The summed E-state index contributed by atoms with van der Waals surface area (Å²) in [6.45, 7) is 6.68. The van der Waals surface area contributed by atoms with Gasteiger partial charge in [0.2, 0.25) is 0 Å². The van der Waals surface area contributed by atoms with Crippen molar-refractivity contribution in [1.29, 1.82) is 0 Å². The van der Waals surface area contributed by atoms with E-state index < -0.39 is 9.84 Å². The summed E-state index contributed by atoms with van der Waals surface area (Å²) in [6, 6.07) is 14.8. The highest BCUT2D eigenvalue weighted by Gasteiger charge is 2.13. The first-order valence-electron chi connectivity index (χ1n) is 7.91. The molecule has 4 heteroatoms. The third-order valence-electron chi connectivity index (χ3n) is 3.80. The van der Waals surface area contributed by atoms with E-state index in [4.69, 9.17) is 4.74 Å². The molecule has 2 aromatic carbocycles. The van der Waals surface area contributed by atoms with Crippen molar-refractivity contribution < 1.29 is 13.2 Å². The predicted octanol–water partition coefficient (Wildman–Crippen LogP) is 4.36. The van der Waals surface area contributed by atoms with Crippen molar-refractivity contribution in [2.75, 3.05) is 12.4 Å². The van der Waals surface area contributed by atoms with Crippen molar-refractivity contribution in [1.82, 2.24) is 0 Å². The first kappa shape index (κ1) is 17.5. The molecule has 0 spiro atoms. The first-order chi connectivity index (χ1) is 10.9. The van der Waals surface area contributed by atoms with Gasteiger partial charge >= 0.3 is 0 Å². The van der Waals surface area contributed by atoms with Crippen LogP contribution in [0.15, 0.2) is 53.4 Å². The maximum atomic E-state index is 12.2. The zero-order valence-corrected chi connectivity index (χ0v) is 14.8. The van der Waals surface area contributed by atoms with Crippen LogP contribution in [0.5, 0.6) is 5.75 Å². The van der Waals surface area contributed by atoms with Crippen LogP contribution in [0.2, 0.25) is 0 Å². The molecule has 0 radical (unpaired) electrons. The van der Waals surface area contributed by atoms with Gasteiger partial charge in [-0.1, -0.05) is 44.2 Å². The lowest BCUT2D eigenvalue weighted by atomic mass is 10.0. The maximum absolute atomic E-state index is 12.2. The van der Waals surface area contributed by atoms with Gasteiger partial charge in [0.15, 0.2) is 9.84 Å². The van der Waals surface area contributed by atoms with E-state index in [1.54, 1.807) is 24.3 Å². The van der Waals surface area contributed by atoms with Gasteiger partial charge in [0.1, 0.15) is 5.75 Å². The number of benzene rings is 2. The molecular formula is C19H24O3S. The lowest BCUT2D eigenvalue weighted by Gasteiger charge is -2.13. The van der Waals surface area contributed by atoms with Crippen LogP contribution in [0.1, 0.15) is 37.3 Å². The second-order valence-electron chi connectivity index (χ2n) is 6.01. The van der Waals surface area contributed by atoms with Gasteiger partial charge in [-0.05, 0) is 48.6 Å². The second kappa shape index (κ2) is 7.64. The molecule has 0 aliphatic carbocycles. The minimum Gasteiger partial charge on any atom is -0.493 e. The molecule has 2 rings (SSSR count). The SMILES string of the molecule is Cc1ccc(C(C)C)cc1OCCCS(=O)(=O)c1ccccc1. The van der Waals surface area contributed by atoms with Crippen LogP contribution >= 0.6 is 0 Å². The Bertz CT molecular complexity index is 734. The van der Waals surface area contributed by atoms with Crippen LogP contribution in [-0.2, 0) is 9.84 Å². The zero-order chi connectivity index (χ0) is 16.9. The summed E-state index contributed by atoms with van der Waals surface area (Å²) >= 11 is 0. The summed E-state index contributed by atoms with van der Waals surface area (Å²) in [5.74, 6) is 1.38. The molecule has 124 valence electrons. The van der Waals surface area contributed by atoms with Gasteiger partial charge in [-0.2, -0.15) is 0 Å². The van der Waals surface area contributed by atoms with Crippen molar-refractivity contribution in [2.24, 2.45) is 0 Å². The molecule has 0 unspecified atom stereocenters. The monoisotopic (exact) mass is 332 g/mol. The van der Waals surface area contributed by atoms with Gasteiger partial charge in [-0.25, -0.2) is 8.42 Å². The molecule has 0 heterocycles. The fourth-order valence-electron chi connectivity index (χ4n) is 2.31. The molecule has 0 atom stereocenters.